The molecule has 126 valence electrons. The summed E-state index contributed by atoms with van der Waals surface area (Å²) in [7, 11) is 0. The smallest absolute Gasteiger partial charge is 0.263 e. The molecule has 0 aliphatic carbocycles. The number of nitrogens with zero attached hydrogens (tertiary/aromatic N) is 3. The lowest BCUT2D eigenvalue weighted by molar-refractivity contribution is -0.139. The van der Waals surface area contributed by atoms with Crippen LogP contribution in [-0.4, -0.2) is 40.1 Å². The van der Waals surface area contributed by atoms with Crippen molar-refractivity contribution < 1.29 is 14.1 Å². The first kappa shape index (κ1) is 15.4. The molecule has 0 bridgehead atoms. The lowest BCUT2D eigenvalue weighted by Gasteiger charge is -2.31. The molecule has 4 rings (SSSR count). The second kappa shape index (κ2) is 6.09. The summed E-state index contributed by atoms with van der Waals surface area (Å²) in [5.41, 5.74) is 0.997. The number of halogens is 1. The summed E-state index contributed by atoms with van der Waals surface area (Å²) in [6, 6.07) is 5.48. The SMILES string of the molecule is Cc1noc(C2CCN(C(=O)[C@@H]3Cc4cc(Cl)ccc4O3)CC2)n1. The zero-order valence-corrected chi connectivity index (χ0v) is 14.1. The van der Waals surface area contributed by atoms with Crippen LogP contribution in [0.5, 0.6) is 5.75 Å². The molecule has 0 radical (unpaired) electrons. The van der Waals surface area contributed by atoms with Crippen LogP contribution in [0.4, 0.5) is 0 Å². The number of ether oxygens (including phenoxy) is 1. The first-order valence-electron chi connectivity index (χ1n) is 8.14. The van der Waals surface area contributed by atoms with Gasteiger partial charge in [0.05, 0.1) is 0 Å². The molecule has 2 aromatic rings. The molecule has 1 saturated heterocycles. The van der Waals surface area contributed by atoms with Crippen LogP contribution < -0.4 is 4.74 Å². The minimum atomic E-state index is -0.444. The molecule has 1 atom stereocenters. The van der Waals surface area contributed by atoms with Gasteiger partial charge in [-0.1, -0.05) is 16.8 Å². The van der Waals surface area contributed by atoms with Crippen molar-refractivity contribution in [3.05, 3.63) is 40.5 Å². The Morgan fingerprint density at radius 3 is 2.83 bits per heavy atom. The van der Waals surface area contributed by atoms with E-state index in [2.05, 4.69) is 10.1 Å². The second-order valence-electron chi connectivity index (χ2n) is 6.34. The first-order valence-corrected chi connectivity index (χ1v) is 8.52. The van der Waals surface area contributed by atoms with Crippen molar-refractivity contribution in [2.75, 3.05) is 13.1 Å². The summed E-state index contributed by atoms with van der Waals surface area (Å²) >= 11 is 6.00. The van der Waals surface area contributed by atoms with Crippen LogP contribution in [0.1, 0.15) is 36.0 Å². The Kier molecular flexibility index (Phi) is 3.92. The molecule has 6 nitrogen and oxygen atoms in total. The van der Waals surface area contributed by atoms with Gasteiger partial charge in [0.2, 0.25) is 5.89 Å². The van der Waals surface area contributed by atoms with E-state index in [4.69, 9.17) is 20.9 Å². The molecule has 0 spiro atoms. The zero-order chi connectivity index (χ0) is 16.7. The molecule has 1 fully saturated rings. The van der Waals surface area contributed by atoms with E-state index in [0.29, 0.717) is 36.2 Å². The molecule has 3 heterocycles. The van der Waals surface area contributed by atoms with E-state index in [0.717, 1.165) is 24.2 Å². The molecule has 24 heavy (non-hydrogen) atoms. The fourth-order valence-electron chi connectivity index (χ4n) is 3.38. The summed E-state index contributed by atoms with van der Waals surface area (Å²) in [6.07, 6.45) is 1.80. The van der Waals surface area contributed by atoms with E-state index in [-0.39, 0.29) is 11.8 Å². The van der Waals surface area contributed by atoms with Gasteiger partial charge in [0, 0.05) is 30.5 Å². The maximum atomic E-state index is 12.7. The summed E-state index contributed by atoms with van der Waals surface area (Å²) < 4.78 is 11.1. The minimum absolute atomic E-state index is 0.0440. The number of piperidine rings is 1. The van der Waals surface area contributed by atoms with Crippen LogP contribution >= 0.6 is 11.6 Å². The second-order valence-corrected chi connectivity index (χ2v) is 6.78. The van der Waals surface area contributed by atoms with E-state index in [1.807, 2.05) is 24.0 Å². The molecule has 0 unspecified atom stereocenters. The van der Waals surface area contributed by atoms with Crippen molar-refractivity contribution in [1.29, 1.82) is 0 Å². The number of rotatable bonds is 2. The topological polar surface area (TPSA) is 68.5 Å². The molecular weight excluding hydrogens is 330 g/mol. The van der Waals surface area contributed by atoms with Crippen LogP contribution in [-0.2, 0) is 11.2 Å². The summed E-state index contributed by atoms with van der Waals surface area (Å²) in [4.78, 5) is 18.9. The average Bonchev–Trinajstić information content (AvgIpc) is 3.20. The van der Waals surface area contributed by atoms with E-state index >= 15 is 0 Å². The van der Waals surface area contributed by atoms with Gasteiger partial charge in [0.25, 0.3) is 5.91 Å². The molecule has 1 aromatic carbocycles. The predicted octanol–water partition coefficient (Wildman–Crippen LogP) is 2.74. The van der Waals surface area contributed by atoms with Crippen LogP contribution in [0.3, 0.4) is 0 Å². The lowest BCUT2D eigenvalue weighted by atomic mass is 9.96. The number of fused-ring (bicyclic) bond motifs is 1. The van der Waals surface area contributed by atoms with Crippen molar-refractivity contribution in [2.45, 2.75) is 38.2 Å². The van der Waals surface area contributed by atoms with Crippen LogP contribution in [0.2, 0.25) is 5.02 Å². The summed E-state index contributed by atoms with van der Waals surface area (Å²) in [5, 5.41) is 4.51. The standard InChI is InChI=1S/C17H18ClN3O3/c1-10-19-16(24-20-10)11-4-6-21(7-5-11)17(22)15-9-12-8-13(18)2-3-14(12)23-15/h2-3,8,11,15H,4-7,9H2,1H3/t15-/m0/s1. The molecule has 7 heteroatoms. The van der Waals surface area contributed by atoms with E-state index in [9.17, 15) is 4.79 Å². The number of hydrogen-bond donors (Lipinski definition) is 0. The third-order valence-electron chi connectivity index (χ3n) is 4.67. The number of likely N-dealkylation sites (tertiary alicyclic amines) is 1. The number of carbonyl (C=O) groups excluding carboxylic acids is 1. The van der Waals surface area contributed by atoms with Crippen LogP contribution in [0, 0.1) is 6.92 Å². The molecule has 1 amide bonds. The Hall–Kier alpha value is -2.08. The third-order valence-corrected chi connectivity index (χ3v) is 4.91. The van der Waals surface area contributed by atoms with Gasteiger partial charge in [-0.15, -0.1) is 0 Å². The molecule has 0 N–H and O–H groups in total. The number of hydrogen-bond acceptors (Lipinski definition) is 5. The highest BCUT2D eigenvalue weighted by atomic mass is 35.5. The van der Waals surface area contributed by atoms with Gasteiger partial charge in [0.15, 0.2) is 11.9 Å². The molecular formula is C17H18ClN3O3. The minimum Gasteiger partial charge on any atom is -0.480 e. The van der Waals surface area contributed by atoms with Crippen molar-refractivity contribution >= 4 is 17.5 Å². The summed E-state index contributed by atoms with van der Waals surface area (Å²) in [5.74, 6) is 2.37. The van der Waals surface area contributed by atoms with Gasteiger partial charge in [-0.2, -0.15) is 4.98 Å². The van der Waals surface area contributed by atoms with E-state index in [1.54, 1.807) is 6.07 Å². The quantitative estimate of drug-likeness (QED) is 0.835. The maximum Gasteiger partial charge on any atom is 0.263 e. The zero-order valence-electron chi connectivity index (χ0n) is 13.4. The Balaban J connectivity index is 1.37. The van der Waals surface area contributed by atoms with E-state index in [1.165, 1.54) is 0 Å². The Morgan fingerprint density at radius 1 is 1.33 bits per heavy atom. The monoisotopic (exact) mass is 347 g/mol. The largest absolute Gasteiger partial charge is 0.480 e. The number of aromatic nitrogens is 2. The Morgan fingerprint density at radius 2 is 2.12 bits per heavy atom. The van der Waals surface area contributed by atoms with Crippen molar-refractivity contribution in [3.63, 3.8) is 0 Å². The number of aryl methyl sites for hydroxylation is 1. The van der Waals surface area contributed by atoms with Gasteiger partial charge in [-0.05, 0) is 43.5 Å². The van der Waals surface area contributed by atoms with Gasteiger partial charge in [-0.3, -0.25) is 4.79 Å². The molecule has 2 aliphatic rings. The highest BCUT2D eigenvalue weighted by molar-refractivity contribution is 6.30. The fraction of sp³-hybridized carbons (Fsp3) is 0.471. The third kappa shape index (κ3) is 2.86. The van der Waals surface area contributed by atoms with Gasteiger partial charge in [0.1, 0.15) is 5.75 Å². The molecule has 0 saturated carbocycles. The van der Waals surface area contributed by atoms with Crippen LogP contribution in [0.15, 0.2) is 22.7 Å². The number of amides is 1. The first-order chi connectivity index (χ1) is 11.6. The Labute approximate surface area is 144 Å². The highest BCUT2D eigenvalue weighted by Gasteiger charge is 2.35. The predicted molar refractivity (Wildman–Crippen MR) is 87.2 cm³/mol. The highest BCUT2D eigenvalue weighted by Crippen LogP contribution is 2.33. The van der Waals surface area contributed by atoms with Gasteiger partial charge < -0.3 is 14.2 Å². The lowest BCUT2D eigenvalue weighted by Crippen LogP contribution is -2.45. The van der Waals surface area contributed by atoms with Crippen molar-refractivity contribution in [3.8, 4) is 5.75 Å². The normalized spacial score (nSPS) is 20.8. The molecule has 1 aromatic heterocycles. The average molecular weight is 348 g/mol. The number of carbonyl (C=O) groups is 1. The maximum absolute atomic E-state index is 12.7. The van der Waals surface area contributed by atoms with Gasteiger partial charge in [-0.25, -0.2) is 0 Å². The van der Waals surface area contributed by atoms with Crippen LogP contribution in [0.25, 0.3) is 0 Å². The van der Waals surface area contributed by atoms with Gasteiger partial charge >= 0.3 is 0 Å². The molecule has 2 aliphatic heterocycles. The fourth-order valence-corrected chi connectivity index (χ4v) is 3.58. The van der Waals surface area contributed by atoms with E-state index < -0.39 is 6.10 Å². The summed E-state index contributed by atoms with van der Waals surface area (Å²) in [6.45, 7) is 3.18. The van der Waals surface area contributed by atoms with Crippen molar-refractivity contribution in [2.24, 2.45) is 0 Å². The number of benzene rings is 1. The van der Waals surface area contributed by atoms with Crippen molar-refractivity contribution in [1.82, 2.24) is 15.0 Å². The Bertz CT molecular complexity index is 768.